The Bertz CT molecular complexity index is 880. The van der Waals surface area contributed by atoms with Gasteiger partial charge in [-0.05, 0) is 69.7 Å². The van der Waals surface area contributed by atoms with E-state index >= 15 is 0 Å². The third-order valence-corrected chi connectivity index (χ3v) is 4.02. The molecule has 2 aromatic rings. The van der Waals surface area contributed by atoms with Crippen LogP contribution >= 0.6 is 15.9 Å². The molecule has 0 aliphatic heterocycles. The first-order valence-corrected chi connectivity index (χ1v) is 11.4. The minimum atomic E-state index is -0.452. The number of anilines is 1. The molecule has 0 bridgehead atoms. The van der Waals surface area contributed by atoms with E-state index < -0.39 is 5.54 Å². The van der Waals surface area contributed by atoms with Crippen LogP contribution in [0.5, 0.6) is 11.5 Å². The number of carbonyl (C=O) groups is 1. The lowest BCUT2D eigenvalue weighted by atomic mass is 10.1. The Morgan fingerprint density at radius 3 is 2.41 bits per heavy atom. The molecule has 0 aliphatic carbocycles. The number of amides is 1. The zero-order chi connectivity index (χ0) is 24.7. The van der Waals surface area contributed by atoms with E-state index in [9.17, 15) is 4.79 Å². The number of hydrogen-bond acceptors (Lipinski definition) is 6. The molecule has 0 aromatic heterocycles. The van der Waals surface area contributed by atoms with Crippen LogP contribution in [0, 0.1) is 5.41 Å². The lowest BCUT2D eigenvalue weighted by Gasteiger charge is -2.21. The maximum atomic E-state index is 12.6. The standard InChI is InChI=1S/C22H29N3O3.CH3Br.CH3N/c1-6-19(24-4)18-13-16(10-11-20(18)28-14-22(2,3)23)25-21(26)15-8-7-9-17(12-15)27-5;2*1-2/h6-13,24H,14,23H2,1-5H3,(H,25,26);1H3;2H,1H2/b19-6-;;. The first-order valence-electron chi connectivity index (χ1n) is 9.86. The monoisotopic (exact) mass is 506 g/mol. The van der Waals surface area contributed by atoms with Gasteiger partial charge in [0, 0.05) is 35.1 Å². The molecule has 32 heavy (non-hydrogen) atoms. The Balaban J connectivity index is 0.00000227. The molecule has 176 valence electrons. The molecule has 0 saturated carbocycles. The van der Waals surface area contributed by atoms with Crippen LogP contribution in [0.3, 0.4) is 0 Å². The molecular formula is C24H35BrN4O3. The average molecular weight is 507 g/mol. The summed E-state index contributed by atoms with van der Waals surface area (Å²) in [5, 5.41) is 11.6. The van der Waals surface area contributed by atoms with Gasteiger partial charge in [-0.25, -0.2) is 0 Å². The highest BCUT2D eigenvalue weighted by Gasteiger charge is 2.16. The molecule has 0 unspecified atom stereocenters. The van der Waals surface area contributed by atoms with E-state index in [1.807, 2.05) is 57.9 Å². The summed E-state index contributed by atoms with van der Waals surface area (Å²) in [6, 6.07) is 12.5. The first kappa shape index (κ1) is 29.2. The van der Waals surface area contributed by atoms with E-state index in [4.69, 9.17) is 20.6 Å². The van der Waals surface area contributed by atoms with Crippen molar-refractivity contribution in [2.75, 3.05) is 31.9 Å². The number of carbonyl (C=O) groups excluding carboxylic acids is 1. The molecule has 5 N–H and O–H groups in total. The summed E-state index contributed by atoms with van der Waals surface area (Å²) in [6.45, 7) is 8.62. The number of ether oxygens (including phenoxy) is 2. The van der Waals surface area contributed by atoms with Gasteiger partial charge in [0.05, 0.1) is 7.11 Å². The zero-order valence-corrected chi connectivity index (χ0v) is 21.3. The van der Waals surface area contributed by atoms with Crippen LogP contribution < -0.4 is 25.8 Å². The van der Waals surface area contributed by atoms with Gasteiger partial charge in [0.15, 0.2) is 0 Å². The third-order valence-electron chi connectivity index (χ3n) is 4.02. The number of benzene rings is 2. The van der Waals surface area contributed by atoms with Crippen molar-refractivity contribution in [1.29, 1.82) is 5.41 Å². The van der Waals surface area contributed by atoms with Gasteiger partial charge >= 0.3 is 0 Å². The zero-order valence-electron chi connectivity index (χ0n) is 19.7. The number of methoxy groups -OCH3 is 1. The number of nitrogens with one attached hydrogen (secondary N) is 3. The van der Waals surface area contributed by atoms with Gasteiger partial charge in [-0.2, -0.15) is 0 Å². The van der Waals surface area contributed by atoms with Crippen LogP contribution in [0.15, 0.2) is 48.5 Å². The van der Waals surface area contributed by atoms with Crippen LogP contribution in [-0.4, -0.2) is 44.8 Å². The van der Waals surface area contributed by atoms with Crippen LogP contribution in [0.25, 0.3) is 5.70 Å². The average Bonchev–Trinajstić information content (AvgIpc) is 2.81. The third kappa shape index (κ3) is 9.53. The number of allylic oxidation sites excluding steroid dienone is 1. The summed E-state index contributed by atoms with van der Waals surface area (Å²) >= 11 is 2.94. The minimum absolute atomic E-state index is 0.215. The van der Waals surface area contributed by atoms with Crippen LogP contribution in [-0.2, 0) is 0 Å². The molecule has 0 fully saturated rings. The van der Waals surface area contributed by atoms with Crippen LogP contribution in [0.2, 0.25) is 0 Å². The van der Waals surface area contributed by atoms with Crippen molar-refractivity contribution in [3.05, 3.63) is 59.7 Å². The second-order valence-electron chi connectivity index (χ2n) is 7.13. The van der Waals surface area contributed by atoms with Crippen LogP contribution in [0.1, 0.15) is 36.7 Å². The minimum Gasteiger partial charge on any atom is -0.497 e. The molecule has 0 spiro atoms. The normalized spacial score (nSPS) is 10.6. The van der Waals surface area contributed by atoms with Crippen molar-refractivity contribution >= 4 is 39.9 Å². The maximum Gasteiger partial charge on any atom is 0.255 e. The SMILES string of the molecule is C/C=C(\NC)c1cc(NC(=O)c2cccc(OC)c2)ccc1OCC(C)(C)N.C=N.CBr. The van der Waals surface area contributed by atoms with Gasteiger partial charge in [0.25, 0.3) is 5.91 Å². The smallest absolute Gasteiger partial charge is 0.255 e. The highest BCUT2D eigenvalue weighted by Crippen LogP contribution is 2.29. The summed E-state index contributed by atoms with van der Waals surface area (Å²) in [6.07, 6.45) is 1.95. The van der Waals surface area contributed by atoms with Gasteiger partial charge in [-0.1, -0.05) is 28.1 Å². The molecule has 7 nitrogen and oxygen atoms in total. The Labute approximate surface area is 200 Å². The molecule has 2 rings (SSSR count). The Morgan fingerprint density at radius 1 is 1.22 bits per heavy atom. The lowest BCUT2D eigenvalue weighted by molar-refractivity contribution is 0.102. The topological polar surface area (TPSA) is 109 Å². The van der Waals surface area contributed by atoms with Gasteiger partial charge < -0.3 is 31.3 Å². The van der Waals surface area contributed by atoms with Crippen molar-refractivity contribution in [1.82, 2.24) is 5.32 Å². The summed E-state index contributed by atoms with van der Waals surface area (Å²) in [5.74, 6) is 2.92. The van der Waals surface area contributed by atoms with E-state index in [2.05, 4.69) is 33.3 Å². The van der Waals surface area contributed by atoms with Crippen molar-refractivity contribution in [3.63, 3.8) is 0 Å². The van der Waals surface area contributed by atoms with E-state index in [-0.39, 0.29) is 5.91 Å². The number of alkyl halides is 1. The van der Waals surface area contributed by atoms with Gasteiger partial charge in [0.1, 0.15) is 18.1 Å². The van der Waals surface area contributed by atoms with Crippen molar-refractivity contribution in [2.24, 2.45) is 5.73 Å². The fraction of sp³-hybridized carbons (Fsp3) is 0.333. The molecule has 0 aliphatic rings. The van der Waals surface area contributed by atoms with E-state index in [0.29, 0.717) is 29.4 Å². The first-order chi connectivity index (χ1) is 15.3. The predicted octanol–water partition coefficient (Wildman–Crippen LogP) is 4.92. The molecule has 0 atom stereocenters. The highest BCUT2D eigenvalue weighted by atomic mass is 79.9. The lowest BCUT2D eigenvalue weighted by Crippen LogP contribution is -2.38. The molecule has 0 saturated heterocycles. The number of hydrogen-bond donors (Lipinski definition) is 4. The van der Waals surface area contributed by atoms with Crippen LogP contribution in [0.4, 0.5) is 5.69 Å². The Hall–Kier alpha value is -2.84. The molecular weight excluding hydrogens is 472 g/mol. The quantitative estimate of drug-likeness (QED) is 0.300. The maximum absolute atomic E-state index is 12.6. The van der Waals surface area contributed by atoms with Gasteiger partial charge in [0.2, 0.25) is 0 Å². The molecule has 0 heterocycles. The number of halogens is 1. The largest absolute Gasteiger partial charge is 0.497 e. The van der Waals surface area contributed by atoms with E-state index in [0.717, 1.165) is 11.3 Å². The fourth-order valence-corrected chi connectivity index (χ4v) is 2.61. The van der Waals surface area contributed by atoms with E-state index in [1.165, 1.54) is 0 Å². The van der Waals surface area contributed by atoms with Gasteiger partial charge in [-0.3, -0.25) is 4.79 Å². The molecule has 8 heteroatoms. The fourth-order valence-electron chi connectivity index (χ4n) is 2.61. The summed E-state index contributed by atoms with van der Waals surface area (Å²) in [7, 11) is 3.41. The second-order valence-corrected chi connectivity index (χ2v) is 7.13. The molecule has 1 amide bonds. The second kappa shape index (κ2) is 15.0. The molecule has 2 aromatic carbocycles. The van der Waals surface area contributed by atoms with E-state index in [1.54, 1.807) is 31.4 Å². The number of nitrogens with two attached hydrogens (primary N) is 1. The van der Waals surface area contributed by atoms with Crippen molar-refractivity contribution < 1.29 is 14.3 Å². The Morgan fingerprint density at radius 2 is 1.88 bits per heavy atom. The number of rotatable bonds is 8. The summed E-state index contributed by atoms with van der Waals surface area (Å²) < 4.78 is 11.1. The van der Waals surface area contributed by atoms with Crippen molar-refractivity contribution in [2.45, 2.75) is 26.3 Å². The summed E-state index contributed by atoms with van der Waals surface area (Å²) in [5.41, 5.74) is 8.50. The predicted molar refractivity (Wildman–Crippen MR) is 139 cm³/mol. The van der Waals surface area contributed by atoms with Gasteiger partial charge in [-0.15, -0.1) is 0 Å². The Kier molecular flexibility index (Phi) is 13.7. The summed E-state index contributed by atoms with van der Waals surface area (Å²) in [4.78, 5) is 12.6. The molecule has 0 radical (unpaired) electrons. The highest BCUT2D eigenvalue weighted by molar-refractivity contribution is 9.08. The van der Waals surface area contributed by atoms with Crippen molar-refractivity contribution in [3.8, 4) is 11.5 Å².